The summed E-state index contributed by atoms with van der Waals surface area (Å²) in [4.78, 5) is 0.182. The smallest absolute Gasteiger partial charge is 0.203 e. The molecule has 2 heterocycles. The quantitative estimate of drug-likeness (QED) is 0.394. The predicted molar refractivity (Wildman–Crippen MR) is 58.6 cm³/mol. The molecule has 0 bridgehead atoms. The van der Waals surface area contributed by atoms with E-state index in [1.807, 2.05) is 0 Å². The highest BCUT2D eigenvalue weighted by atomic mass is 32.1. The molecule has 3 rings (SSSR count). The number of nitrogens with zero attached hydrogens (tertiary/aromatic N) is 4. The van der Waals surface area contributed by atoms with Crippen molar-refractivity contribution >= 4 is 16.3 Å². The Morgan fingerprint density at radius 1 is 0.850 bits per heavy atom. The minimum Gasteiger partial charge on any atom is -0.203 e. The maximum Gasteiger partial charge on any atom is 0.234 e. The minimum absolute atomic E-state index is 0.182. The fourth-order valence-electron chi connectivity index (χ4n) is 1.61. The highest BCUT2D eigenvalue weighted by Crippen LogP contribution is 2.33. The van der Waals surface area contributed by atoms with Crippen molar-refractivity contribution in [2.75, 3.05) is 0 Å². The first-order valence-corrected chi connectivity index (χ1v) is 5.94. The number of halogens is 5. The highest BCUT2D eigenvalue weighted by Gasteiger charge is 2.29. The van der Waals surface area contributed by atoms with Gasteiger partial charge in [0.1, 0.15) is 0 Å². The van der Waals surface area contributed by atoms with Crippen LogP contribution < -0.4 is 0 Å². The first-order valence-electron chi connectivity index (χ1n) is 5.12. The summed E-state index contributed by atoms with van der Waals surface area (Å²) in [7, 11) is 0. The Kier molecular flexibility index (Phi) is 2.71. The molecule has 3 aromatic rings. The van der Waals surface area contributed by atoms with E-state index in [0.29, 0.717) is 17.2 Å². The summed E-state index contributed by atoms with van der Waals surface area (Å²) in [6.07, 6.45) is 0. The Bertz CT molecular complexity index is 811. The predicted octanol–water partition coefficient (Wildman–Crippen LogP) is 2.86. The van der Waals surface area contributed by atoms with E-state index in [1.54, 1.807) is 0 Å². The molecular weight excluding hydrogens is 303 g/mol. The molecule has 20 heavy (non-hydrogen) atoms. The zero-order chi connectivity index (χ0) is 14.6. The van der Waals surface area contributed by atoms with Gasteiger partial charge in [-0.2, -0.15) is 9.61 Å². The van der Waals surface area contributed by atoms with Crippen molar-refractivity contribution in [3.63, 3.8) is 0 Å². The molecule has 0 radical (unpaired) electrons. The van der Waals surface area contributed by atoms with Gasteiger partial charge in [-0.05, 0) is 6.92 Å². The van der Waals surface area contributed by atoms with Gasteiger partial charge in [0, 0.05) is 0 Å². The molecule has 0 amide bonds. The number of aromatic nitrogens is 4. The summed E-state index contributed by atoms with van der Waals surface area (Å²) in [6.45, 7) is 1.53. The van der Waals surface area contributed by atoms with Gasteiger partial charge in [0.25, 0.3) is 0 Å². The molecule has 0 aliphatic heterocycles. The van der Waals surface area contributed by atoms with Gasteiger partial charge in [-0.1, -0.05) is 11.3 Å². The van der Waals surface area contributed by atoms with Crippen molar-refractivity contribution in [3.8, 4) is 10.6 Å². The molecule has 10 heteroatoms. The highest BCUT2D eigenvalue weighted by molar-refractivity contribution is 7.19. The number of hydrogen-bond donors (Lipinski definition) is 0. The lowest BCUT2D eigenvalue weighted by Gasteiger charge is -2.04. The standard InChI is InChI=1S/C10H3F5N4S/c1-2-16-17-10-19(2)18-9(20-10)3-4(11)6(13)8(15)7(14)5(3)12/h1H3. The fraction of sp³-hybridized carbons (Fsp3) is 0.100. The molecule has 0 aliphatic carbocycles. The molecule has 0 saturated heterocycles. The molecule has 0 atom stereocenters. The maximum atomic E-state index is 13.6. The van der Waals surface area contributed by atoms with Crippen LogP contribution in [0.15, 0.2) is 0 Å². The molecule has 1 aromatic carbocycles. The van der Waals surface area contributed by atoms with Crippen LogP contribution in [-0.4, -0.2) is 19.8 Å². The zero-order valence-electron chi connectivity index (χ0n) is 9.59. The second-order valence-corrected chi connectivity index (χ2v) is 4.75. The second kappa shape index (κ2) is 4.20. The SMILES string of the molecule is Cc1nnc2sc(-c3c(F)c(F)c(F)c(F)c3F)nn12. The van der Waals surface area contributed by atoms with Crippen molar-refractivity contribution in [2.45, 2.75) is 6.92 Å². The molecule has 0 saturated carbocycles. The summed E-state index contributed by atoms with van der Waals surface area (Å²) in [5.74, 6) is -9.76. The van der Waals surface area contributed by atoms with E-state index in [2.05, 4.69) is 15.3 Å². The zero-order valence-corrected chi connectivity index (χ0v) is 10.4. The Labute approximate surface area is 111 Å². The molecule has 0 aliphatic rings. The summed E-state index contributed by atoms with van der Waals surface area (Å²) < 4.78 is 67.6. The molecule has 0 unspecified atom stereocenters. The van der Waals surface area contributed by atoms with Crippen molar-refractivity contribution in [1.29, 1.82) is 0 Å². The van der Waals surface area contributed by atoms with Gasteiger partial charge < -0.3 is 0 Å². The van der Waals surface area contributed by atoms with Gasteiger partial charge in [-0.15, -0.1) is 10.2 Å². The van der Waals surface area contributed by atoms with Crippen LogP contribution in [0.2, 0.25) is 0 Å². The van der Waals surface area contributed by atoms with E-state index in [0.717, 1.165) is 4.52 Å². The molecule has 0 fully saturated rings. The Morgan fingerprint density at radius 3 is 1.95 bits per heavy atom. The van der Waals surface area contributed by atoms with Crippen molar-refractivity contribution < 1.29 is 22.0 Å². The Hall–Kier alpha value is -2.10. The van der Waals surface area contributed by atoms with Crippen LogP contribution in [0.1, 0.15) is 5.82 Å². The monoisotopic (exact) mass is 306 g/mol. The molecular formula is C10H3F5N4S. The van der Waals surface area contributed by atoms with E-state index < -0.39 is 34.6 Å². The third-order valence-electron chi connectivity index (χ3n) is 2.57. The van der Waals surface area contributed by atoms with E-state index in [4.69, 9.17) is 0 Å². The van der Waals surface area contributed by atoms with Gasteiger partial charge in [0.15, 0.2) is 34.1 Å². The third-order valence-corrected chi connectivity index (χ3v) is 3.49. The van der Waals surface area contributed by atoms with Crippen LogP contribution in [0.25, 0.3) is 15.5 Å². The largest absolute Gasteiger partial charge is 0.234 e. The van der Waals surface area contributed by atoms with Crippen LogP contribution in [0.4, 0.5) is 22.0 Å². The van der Waals surface area contributed by atoms with Crippen molar-refractivity contribution in [2.24, 2.45) is 0 Å². The minimum atomic E-state index is -2.21. The van der Waals surface area contributed by atoms with Crippen molar-refractivity contribution in [3.05, 3.63) is 34.9 Å². The molecule has 4 nitrogen and oxygen atoms in total. The van der Waals surface area contributed by atoms with E-state index in [-0.39, 0.29) is 9.97 Å². The fourth-order valence-corrected chi connectivity index (χ4v) is 2.53. The average Bonchev–Trinajstić information content (AvgIpc) is 2.97. The molecule has 0 spiro atoms. The van der Waals surface area contributed by atoms with Gasteiger partial charge in [0.05, 0.1) is 5.56 Å². The molecule has 0 N–H and O–H groups in total. The van der Waals surface area contributed by atoms with Gasteiger partial charge in [0.2, 0.25) is 10.8 Å². The normalized spacial score (nSPS) is 11.5. The number of hydrogen-bond acceptors (Lipinski definition) is 4. The van der Waals surface area contributed by atoms with Gasteiger partial charge in [-0.25, -0.2) is 22.0 Å². The number of rotatable bonds is 1. The molecule has 2 aromatic heterocycles. The summed E-state index contributed by atoms with van der Waals surface area (Å²) in [5, 5.41) is 10.7. The third kappa shape index (κ3) is 1.60. The average molecular weight is 306 g/mol. The van der Waals surface area contributed by atoms with Crippen LogP contribution >= 0.6 is 11.3 Å². The Balaban J connectivity index is 2.33. The number of fused-ring (bicyclic) bond motifs is 1. The van der Waals surface area contributed by atoms with Crippen LogP contribution in [-0.2, 0) is 0 Å². The van der Waals surface area contributed by atoms with Crippen LogP contribution in [0.5, 0.6) is 0 Å². The Morgan fingerprint density at radius 2 is 1.40 bits per heavy atom. The summed E-state index contributed by atoms with van der Waals surface area (Å²) in [6, 6.07) is 0. The maximum absolute atomic E-state index is 13.6. The lowest BCUT2D eigenvalue weighted by molar-refractivity contribution is 0.381. The number of aryl methyl sites for hydroxylation is 1. The van der Waals surface area contributed by atoms with Crippen molar-refractivity contribution in [1.82, 2.24) is 19.8 Å². The number of benzene rings is 1. The topological polar surface area (TPSA) is 43.1 Å². The molecule has 104 valence electrons. The van der Waals surface area contributed by atoms with Crippen LogP contribution in [0, 0.1) is 36.0 Å². The first kappa shape index (κ1) is 12.9. The first-order chi connectivity index (χ1) is 9.41. The summed E-state index contributed by atoms with van der Waals surface area (Å²) in [5.41, 5.74) is -1.07. The lowest BCUT2D eigenvalue weighted by Crippen LogP contribution is -2.04. The lowest BCUT2D eigenvalue weighted by atomic mass is 10.2. The summed E-state index contributed by atoms with van der Waals surface area (Å²) >= 11 is 0.665. The van der Waals surface area contributed by atoms with E-state index in [1.165, 1.54) is 6.92 Å². The van der Waals surface area contributed by atoms with Gasteiger partial charge >= 0.3 is 0 Å². The van der Waals surface area contributed by atoms with Gasteiger partial charge in [-0.3, -0.25) is 0 Å². The van der Waals surface area contributed by atoms with E-state index in [9.17, 15) is 22.0 Å². The van der Waals surface area contributed by atoms with Crippen LogP contribution in [0.3, 0.4) is 0 Å². The van der Waals surface area contributed by atoms with E-state index >= 15 is 0 Å². The second-order valence-electron chi connectivity index (χ2n) is 3.79.